The number of likely N-dealkylation sites (tertiary alicyclic amines) is 1. The highest BCUT2D eigenvalue weighted by atomic mass is 16.2. The smallest absolute Gasteiger partial charge is 0.223 e. The van der Waals surface area contributed by atoms with Crippen molar-refractivity contribution in [3.8, 4) is 0 Å². The average molecular weight is 429 g/mol. The zero-order valence-electron chi connectivity index (χ0n) is 18.3. The van der Waals surface area contributed by atoms with E-state index in [2.05, 4.69) is 34.2 Å². The maximum atomic E-state index is 12.1. The summed E-state index contributed by atoms with van der Waals surface area (Å²) in [6.07, 6.45) is 9.74. The van der Waals surface area contributed by atoms with Crippen LogP contribution in [0.2, 0.25) is 0 Å². The Balaban J connectivity index is 1.32. The second kappa shape index (κ2) is 8.15. The molecule has 5 rings (SSSR count). The predicted octanol–water partition coefficient (Wildman–Crippen LogP) is 3.80. The number of nitrogens with one attached hydrogen (secondary N) is 2. The van der Waals surface area contributed by atoms with E-state index in [0.717, 1.165) is 54.5 Å². The number of allylic oxidation sites excluding steroid dienone is 1. The van der Waals surface area contributed by atoms with E-state index in [1.807, 2.05) is 40.1 Å². The lowest BCUT2D eigenvalue weighted by atomic mass is 9.99. The summed E-state index contributed by atoms with van der Waals surface area (Å²) < 4.78 is 0. The summed E-state index contributed by atoms with van der Waals surface area (Å²) in [6.45, 7) is 4.67. The van der Waals surface area contributed by atoms with Crippen molar-refractivity contribution in [3.05, 3.63) is 71.9 Å². The zero-order chi connectivity index (χ0) is 22.2. The van der Waals surface area contributed by atoms with Gasteiger partial charge in [-0.2, -0.15) is 0 Å². The van der Waals surface area contributed by atoms with Gasteiger partial charge in [0.15, 0.2) is 0 Å². The van der Waals surface area contributed by atoms with Crippen LogP contribution in [0.1, 0.15) is 25.8 Å². The van der Waals surface area contributed by atoms with Crippen molar-refractivity contribution in [2.45, 2.75) is 32.7 Å². The van der Waals surface area contributed by atoms with E-state index in [0.29, 0.717) is 0 Å². The maximum absolute atomic E-state index is 12.1. The molecule has 1 atom stereocenters. The number of carbonyl (C=O) groups is 2. The second-order valence-corrected chi connectivity index (χ2v) is 8.32. The number of rotatable bonds is 4. The molecule has 1 unspecified atom stereocenters. The summed E-state index contributed by atoms with van der Waals surface area (Å²) in [5, 5.41) is 6.91. The van der Waals surface area contributed by atoms with E-state index >= 15 is 0 Å². The van der Waals surface area contributed by atoms with E-state index in [-0.39, 0.29) is 17.9 Å². The van der Waals surface area contributed by atoms with Gasteiger partial charge in [-0.1, -0.05) is 24.3 Å². The first-order valence-corrected chi connectivity index (χ1v) is 10.9. The van der Waals surface area contributed by atoms with Crippen molar-refractivity contribution in [1.29, 1.82) is 0 Å². The van der Waals surface area contributed by atoms with E-state index in [1.54, 1.807) is 20.0 Å². The Morgan fingerprint density at radius 1 is 1.06 bits per heavy atom. The summed E-state index contributed by atoms with van der Waals surface area (Å²) in [5.74, 6) is 0.886. The van der Waals surface area contributed by atoms with Crippen LogP contribution in [0, 0.1) is 6.42 Å². The van der Waals surface area contributed by atoms with E-state index in [1.165, 1.54) is 11.1 Å². The van der Waals surface area contributed by atoms with Crippen molar-refractivity contribution < 1.29 is 9.59 Å². The highest BCUT2D eigenvalue weighted by Gasteiger charge is 2.28. The van der Waals surface area contributed by atoms with Gasteiger partial charge in [-0.05, 0) is 36.1 Å². The number of nitrogens with zero attached hydrogens (tertiary/aromatic N) is 3. The highest BCUT2D eigenvalue weighted by molar-refractivity contribution is 5.98. The van der Waals surface area contributed by atoms with Crippen molar-refractivity contribution in [2.24, 2.45) is 0 Å². The molecule has 163 valence electrons. The third kappa shape index (κ3) is 3.75. The van der Waals surface area contributed by atoms with Crippen LogP contribution in [0.5, 0.6) is 0 Å². The Labute approximate surface area is 187 Å². The second-order valence-electron chi connectivity index (χ2n) is 8.32. The van der Waals surface area contributed by atoms with Crippen LogP contribution in [-0.4, -0.2) is 40.8 Å². The molecule has 1 aromatic heterocycles. The zero-order valence-corrected chi connectivity index (χ0v) is 18.3. The molecule has 32 heavy (non-hydrogen) atoms. The number of carbonyl (C=O) groups excluding carboxylic acids is 2. The number of hydrogen-bond donors (Lipinski definition) is 2. The van der Waals surface area contributed by atoms with E-state index in [4.69, 9.17) is 0 Å². The van der Waals surface area contributed by atoms with Crippen LogP contribution in [0.25, 0.3) is 0 Å². The van der Waals surface area contributed by atoms with Crippen molar-refractivity contribution in [2.75, 3.05) is 28.6 Å². The minimum Gasteiger partial charge on any atom is -0.363 e. The average Bonchev–Trinajstić information content (AvgIpc) is 3.39. The largest absolute Gasteiger partial charge is 0.363 e. The summed E-state index contributed by atoms with van der Waals surface area (Å²) >= 11 is 0. The molecule has 1 saturated heterocycles. The van der Waals surface area contributed by atoms with Gasteiger partial charge in [-0.15, -0.1) is 0 Å². The molecule has 3 aliphatic rings. The normalized spacial score (nSPS) is 19.1. The van der Waals surface area contributed by atoms with E-state index < -0.39 is 0 Å². The Hall–Kier alpha value is -3.61. The first-order valence-electron chi connectivity index (χ1n) is 10.9. The highest BCUT2D eigenvalue weighted by Crippen LogP contribution is 2.37. The van der Waals surface area contributed by atoms with Gasteiger partial charge in [0.25, 0.3) is 0 Å². The number of para-hydroxylation sites is 1. The van der Waals surface area contributed by atoms with Crippen molar-refractivity contribution >= 4 is 34.7 Å². The lowest BCUT2D eigenvalue weighted by Gasteiger charge is -2.23. The third-order valence-electron chi connectivity index (χ3n) is 6.17. The molecule has 0 saturated carbocycles. The Kier molecular flexibility index (Phi) is 5.17. The van der Waals surface area contributed by atoms with Gasteiger partial charge in [0.05, 0.1) is 17.4 Å². The fourth-order valence-electron chi connectivity index (χ4n) is 4.69. The Morgan fingerprint density at radius 3 is 2.69 bits per heavy atom. The number of pyridine rings is 1. The minimum absolute atomic E-state index is 0.0117. The lowest BCUT2D eigenvalue weighted by molar-refractivity contribution is -0.126. The van der Waals surface area contributed by atoms with Crippen LogP contribution in [-0.2, 0) is 16.0 Å². The number of fused-ring (bicyclic) bond motifs is 2. The predicted molar refractivity (Wildman–Crippen MR) is 126 cm³/mol. The maximum Gasteiger partial charge on any atom is 0.223 e. The quantitative estimate of drug-likeness (QED) is 0.775. The minimum atomic E-state index is 0.0117. The van der Waals surface area contributed by atoms with Crippen LogP contribution in [0.15, 0.2) is 60.0 Å². The number of anilines is 4. The molecule has 7 heteroatoms. The van der Waals surface area contributed by atoms with Crippen molar-refractivity contribution in [3.63, 3.8) is 0 Å². The first kappa shape index (κ1) is 20.3. The molecule has 1 aromatic carbocycles. The standard InChI is InChI=1S/C25H26N5O2/c1-16(31)29-12-10-19-14-20(6-7-23(19)29)28-24-15-21(8-11-26-24)27-22-5-3-4-18-9-13-30(17(2)32)25(18)22/h3-8,11,14-15,20H,9-10,12-13H2,1-2H3,(H2,26,27,28). The number of benzene rings is 1. The molecule has 0 bridgehead atoms. The summed E-state index contributed by atoms with van der Waals surface area (Å²) in [7, 11) is 0. The van der Waals surface area contributed by atoms with Crippen molar-refractivity contribution in [1.82, 2.24) is 9.88 Å². The van der Waals surface area contributed by atoms with Gasteiger partial charge in [0.1, 0.15) is 5.82 Å². The summed E-state index contributed by atoms with van der Waals surface area (Å²) in [6, 6.07) is 9.99. The Morgan fingerprint density at radius 2 is 1.88 bits per heavy atom. The van der Waals surface area contributed by atoms with Gasteiger partial charge in [-0.3, -0.25) is 9.59 Å². The fraction of sp³-hybridized carbons (Fsp3) is 0.280. The lowest BCUT2D eigenvalue weighted by Crippen LogP contribution is -2.26. The SMILES string of the molecule is CC(=O)N1CCC2=CC(Nc3cc(Nc4cccc5c4N(C(C)=O)CC5)ccn3)[CH]C=C21. The van der Waals surface area contributed by atoms with Gasteiger partial charge < -0.3 is 20.4 Å². The molecule has 1 fully saturated rings. The van der Waals surface area contributed by atoms with Crippen LogP contribution in [0.4, 0.5) is 22.9 Å². The number of amides is 2. The monoisotopic (exact) mass is 428 g/mol. The Bertz CT molecular complexity index is 1150. The molecule has 2 aliphatic heterocycles. The van der Waals surface area contributed by atoms with Gasteiger partial charge in [0, 0.05) is 57.0 Å². The molecule has 2 N–H and O–H groups in total. The number of aromatic nitrogens is 1. The molecular formula is C25H26N5O2. The molecule has 3 heterocycles. The summed E-state index contributed by atoms with van der Waals surface area (Å²) in [4.78, 5) is 32.0. The van der Waals surface area contributed by atoms with E-state index in [9.17, 15) is 9.59 Å². The van der Waals surface area contributed by atoms with Gasteiger partial charge in [-0.25, -0.2) is 4.98 Å². The molecule has 2 aromatic rings. The van der Waals surface area contributed by atoms with Crippen LogP contribution < -0.4 is 15.5 Å². The molecule has 1 radical (unpaired) electrons. The topological polar surface area (TPSA) is 77.6 Å². The van der Waals surface area contributed by atoms with Gasteiger partial charge in [0.2, 0.25) is 11.8 Å². The fourth-order valence-corrected chi connectivity index (χ4v) is 4.69. The van der Waals surface area contributed by atoms with Gasteiger partial charge >= 0.3 is 0 Å². The number of hydrogen-bond acceptors (Lipinski definition) is 5. The molecule has 7 nitrogen and oxygen atoms in total. The van der Waals surface area contributed by atoms with Crippen LogP contribution >= 0.6 is 0 Å². The molecule has 1 aliphatic carbocycles. The third-order valence-corrected chi connectivity index (χ3v) is 6.17. The first-order chi connectivity index (χ1) is 15.5. The molecule has 2 amide bonds. The van der Waals surface area contributed by atoms with Crippen LogP contribution in [0.3, 0.4) is 0 Å². The molecular weight excluding hydrogens is 402 g/mol. The molecule has 0 spiro atoms. The summed E-state index contributed by atoms with van der Waals surface area (Å²) in [5.41, 5.74) is 6.16.